The molecule has 14 heavy (non-hydrogen) atoms. The average molecular weight is 199 g/mol. The van der Waals surface area contributed by atoms with Crippen molar-refractivity contribution < 1.29 is 4.79 Å². The van der Waals surface area contributed by atoms with Crippen molar-refractivity contribution in [3.05, 3.63) is 0 Å². The zero-order chi connectivity index (χ0) is 10.8. The molecule has 0 rings (SSSR count). The van der Waals surface area contributed by atoms with Crippen LogP contribution in [0.2, 0.25) is 0 Å². The zero-order valence-electron chi connectivity index (χ0n) is 9.72. The highest BCUT2D eigenvalue weighted by Crippen LogP contribution is 2.09. The highest BCUT2D eigenvalue weighted by atomic mass is 16.1. The molecule has 0 spiro atoms. The van der Waals surface area contributed by atoms with E-state index in [1.807, 2.05) is 0 Å². The molecule has 84 valence electrons. The molecule has 0 heterocycles. The minimum Gasteiger partial charge on any atom is -0.328 e. The highest BCUT2D eigenvalue weighted by Gasteiger charge is 1.96. The van der Waals surface area contributed by atoms with Gasteiger partial charge in [-0.3, -0.25) is 0 Å². The van der Waals surface area contributed by atoms with E-state index in [9.17, 15) is 4.79 Å². The molecular weight excluding hydrogens is 174 g/mol. The van der Waals surface area contributed by atoms with Crippen LogP contribution in [0.1, 0.15) is 65.2 Å². The Bertz CT molecular complexity index is 143. The van der Waals surface area contributed by atoms with Crippen LogP contribution in [0.15, 0.2) is 0 Å². The van der Waals surface area contributed by atoms with Crippen molar-refractivity contribution >= 4 is 5.78 Å². The third-order valence-corrected chi connectivity index (χ3v) is 2.44. The monoisotopic (exact) mass is 199 g/mol. The lowest BCUT2D eigenvalue weighted by molar-refractivity contribution is -0.117. The Morgan fingerprint density at radius 1 is 1.07 bits per heavy atom. The number of carbonyl (C=O) groups excluding carboxylic acids is 1. The molecule has 0 fully saturated rings. The summed E-state index contributed by atoms with van der Waals surface area (Å²) < 4.78 is 0. The van der Waals surface area contributed by atoms with E-state index in [1.54, 1.807) is 6.92 Å². The molecule has 0 aromatic heterocycles. The van der Waals surface area contributed by atoms with Crippen molar-refractivity contribution in [2.45, 2.75) is 71.3 Å². The van der Waals surface area contributed by atoms with Gasteiger partial charge in [-0.25, -0.2) is 0 Å². The number of rotatable bonds is 9. The SMILES string of the molecule is CC(=O)CCCCCCCCC(C)N. The zero-order valence-corrected chi connectivity index (χ0v) is 9.72. The molecule has 0 radical (unpaired) electrons. The normalized spacial score (nSPS) is 12.8. The Morgan fingerprint density at radius 2 is 1.57 bits per heavy atom. The largest absolute Gasteiger partial charge is 0.328 e. The summed E-state index contributed by atoms with van der Waals surface area (Å²) in [4.78, 5) is 10.6. The van der Waals surface area contributed by atoms with Gasteiger partial charge >= 0.3 is 0 Å². The van der Waals surface area contributed by atoms with Crippen LogP contribution in [0.25, 0.3) is 0 Å². The van der Waals surface area contributed by atoms with E-state index in [0.29, 0.717) is 11.8 Å². The molecule has 1 atom stereocenters. The van der Waals surface area contributed by atoms with Gasteiger partial charge in [0.15, 0.2) is 0 Å². The average Bonchev–Trinajstić information content (AvgIpc) is 2.08. The molecule has 2 nitrogen and oxygen atoms in total. The first-order valence-electron chi connectivity index (χ1n) is 5.88. The van der Waals surface area contributed by atoms with Gasteiger partial charge in [0.25, 0.3) is 0 Å². The summed E-state index contributed by atoms with van der Waals surface area (Å²) in [6.45, 7) is 3.73. The quantitative estimate of drug-likeness (QED) is 0.580. The molecule has 0 aliphatic carbocycles. The van der Waals surface area contributed by atoms with E-state index in [0.717, 1.165) is 19.3 Å². The van der Waals surface area contributed by atoms with Gasteiger partial charge < -0.3 is 10.5 Å². The molecular formula is C12H25NO. The summed E-state index contributed by atoms with van der Waals surface area (Å²) in [7, 11) is 0. The van der Waals surface area contributed by atoms with E-state index in [-0.39, 0.29) is 0 Å². The standard InChI is InChI=1S/C12H25NO/c1-11(13)9-7-5-3-4-6-8-10-12(2)14/h11H,3-10,13H2,1-2H3. The molecule has 2 heteroatoms. The maximum atomic E-state index is 10.6. The smallest absolute Gasteiger partial charge is 0.129 e. The highest BCUT2D eigenvalue weighted by molar-refractivity contribution is 5.75. The van der Waals surface area contributed by atoms with Crippen LogP contribution < -0.4 is 5.73 Å². The molecule has 0 aliphatic heterocycles. The van der Waals surface area contributed by atoms with Crippen molar-refractivity contribution in [1.29, 1.82) is 0 Å². The Labute approximate surface area is 88.3 Å². The minimum atomic E-state index is 0.321. The van der Waals surface area contributed by atoms with Gasteiger partial charge in [0.05, 0.1) is 0 Å². The molecule has 0 saturated heterocycles. The van der Waals surface area contributed by atoms with E-state index in [4.69, 9.17) is 5.73 Å². The van der Waals surface area contributed by atoms with Crippen LogP contribution in [0.4, 0.5) is 0 Å². The van der Waals surface area contributed by atoms with E-state index in [2.05, 4.69) is 6.92 Å². The number of nitrogens with two attached hydrogens (primary N) is 1. The lowest BCUT2D eigenvalue weighted by atomic mass is 10.1. The summed E-state index contributed by atoms with van der Waals surface area (Å²) in [5, 5.41) is 0. The second-order valence-corrected chi connectivity index (χ2v) is 4.34. The van der Waals surface area contributed by atoms with Crippen LogP contribution in [-0.4, -0.2) is 11.8 Å². The Morgan fingerprint density at radius 3 is 2.07 bits per heavy atom. The van der Waals surface area contributed by atoms with E-state index < -0.39 is 0 Å². The van der Waals surface area contributed by atoms with Crippen molar-refractivity contribution in [2.75, 3.05) is 0 Å². The van der Waals surface area contributed by atoms with Crippen molar-refractivity contribution in [1.82, 2.24) is 0 Å². The number of carbonyl (C=O) groups is 1. The third kappa shape index (κ3) is 11.6. The summed E-state index contributed by atoms with van der Waals surface area (Å²) >= 11 is 0. The molecule has 0 bridgehead atoms. The van der Waals surface area contributed by atoms with Gasteiger partial charge in [0.1, 0.15) is 5.78 Å². The van der Waals surface area contributed by atoms with Crippen molar-refractivity contribution in [2.24, 2.45) is 5.73 Å². The molecule has 0 amide bonds. The van der Waals surface area contributed by atoms with Crippen LogP contribution in [-0.2, 0) is 4.79 Å². The molecule has 2 N–H and O–H groups in total. The van der Waals surface area contributed by atoms with Crippen molar-refractivity contribution in [3.63, 3.8) is 0 Å². The summed E-state index contributed by atoms with van der Waals surface area (Å²) in [5.41, 5.74) is 5.65. The summed E-state index contributed by atoms with van der Waals surface area (Å²) in [6, 6.07) is 0.354. The number of unbranched alkanes of at least 4 members (excludes halogenated alkanes) is 5. The van der Waals surface area contributed by atoms with Crippen LogP contribution in [0.5, 0.6) is 0 Å². The molecule has 0 aliphatic rings. The van der Waals surface area contributed by atoms with Gasteiger partial charge in [-0.15, -0.1) is 0 Å². The van der Waals surface area contributed by atoms with Gasteiger partial charge in [0.2, 0.25) is 0 Å². The molecule has 1 unspecified atom stereocenters. The van der Waals surface area contributed by atoms with Gasteiger partial charge in [-0.1, -0.05) is 32.1 Å². The van der Waals surface area contributed by atoms with Crippen molar-refractivity contribution in [3.8, 4) is 0 Å². The first-order valence-corrected chi connectivity index (χ1v) is 5.88. The first kappa shape index (κ1) is 13.6. The number of ketones is 1. The predicted molar refractivity (Wildman–Crippen MR) is 61.3 cm³/mol. The maximum absolute atomic E-state index is 10.6. The Hall–Kier alpha value is -0.370. The van der Waals surface area contributed by atoms with Gasteiger partial charge in [-0.05, 0) is 26.7 Å². The topological polar surface area (TPSA) is 43.1 Å². The van der Waals surface area contributed by atoms with E-state index >= 15 is 0 Å². The minimum absolute atomic E-state index is 0.321. The summed E-state index contributed by atoms with van der Waals surface area (Å²) in [5.74, 6) is 0.321. The molecule has 0 saturated carbocycles. The second-order valence-electron chi connectivity index (χ2n) is 4.34. The fourth-order valence-corrected chi connectivity index (χ4v) is 1.55. The first-order chi connectivity index (χ1) is 6.63. The molecule has 0 aromatic rings. The number of hydrogen-bond acceptors (Lipinski definition) is 2. The lowest BCUT2D eigenvalue weighted by Crippen LogP contribution is -2.13. The van der Waals surface area contributed by atoms with Gasteiger partial charge in [0, 0.05) is 12.5 Å². The second kappa shape index (κ2) is 9.20. The van der Waals surface area contributed by atoms with Crippen LogP contribution in [0.3, 0.4) is 0 Å². The van der Waals surface area contributed by atoms with Crippen LogP contribution >= 0.6 is 0 Å². The number of hydrogen-bond donors (Lipinski definition) is 1. The fraction of sp³-hybridized carbons (Fsp3) is 0.917. The number of Topliss-reactive ketones (excluding diaryl/α,β-unsaturated/α-hetero) is 1. The third-order valence-electron chi connectivity index (χ3n) is 2.44. The van der Waals surface area contributed by atoms with Gasteiger partial charge in [-0.2, -0.15) is 0 Å². The fourth-order valence-electron chi connectivity index (χ4n) is 1.55. The van der Waals surface area contributed by atoms with E-state index in [1.165, 1.54) is 32.1 Å². The predicted octanol–water partition coefficient (Wildman–Crippen LogP) is 3.04. The summed E-state index contributed by atoms with van der Waals surface area (Å²) in [6.07, 6.45) is 9.30. The lowest BCUT2D eigenvalue weighted by Gasteiger charge is -2.04. The Balaban J connectivity index is 2.96. The van der Waals surface area contributed by atoms with Crippen LogP contribution in [0, 0.1) is 0 Å². The molecule has 0 aromatic carbocycles. The Kier molecular flexibility index (Phi) is 8.95. The maximum Gasteiger partial charge on any atom is 0.129 e.